The molecular formula is C12H10N4O3. The van der Waals surface area contributed by atoms with Gasteiger partial charge in [0.05, 0.1) is 5.39 Å². The van der Waals surface area contributed by atoms with Crippen LogP contribution in [-0.2, 0) is 9.59 Å². The lowest BCUT2D eigenvalue weighted by Gasteiger charge is -2.21. The molecule has 1 aromatic heterocycles. The van der Waals surface area contributed by atoms with Gasteiger partial charge in [-0.3, -0.25) is 19.7 Å². The van der Waals surface area contributed by atoms with Crippen molar-refractivity contribution in [3.8, 4) is 0 Å². The lowest BCUT2D eigenvalue weighted by Crippen LogP contribution is -2.45. The minimum Gasteiger partial charge on any atom is -0.295 e. The molecule has 1 unspecified atom stereocenters. The van der Waals surface area contributed by atoms with Crippen LogP contribution in [0.25, 0.3) is 10.9 Å². The summed E-state index contributed by atoms with van der Waals surface area (Å²) >= 11 is 0. The van der Waals surface area contributed by atoms with E-state index in [0.29, 0.717) is 10.9 Å². The zero-order chi connectivity index (χ0) is 13.4. The van der Waals surface area contributed by atoms with E-state index in [1.807, 2.05) is 0 Å². The molecule has 0 radical (unpaired) electrons. The molecule has 1 saturated heterocycles. The molecule has 1 N–H and O–H groups in total. The number of carbonyl (C=O) groups excluding carboxylic acids is 2. The van der Waals surface area contributed by atoms with E-state index in [1.54, 1.807) is 24.3 Å². The zero-order valence-electron chi connectivity index (χ0n) is 9.87. The molecule has 7 heteroatoms. The number of amides is 2. The zero-order valence-corrected chi connectivity index (χ0v) is 9.87. The van der Waals surface area contributed by atoms with Gasteiger partial charge >= 0.3 is 0 Å². The highest BCUT2D eigenvalue weighted by atomic mass is 16.2. The van der Waals surface area contributed by atoms with E-state index in [9.17, 15) is 14.4 Å². The van der Waals surface area contributed by atoms with Crippen molar-refractivity contribution in [1.29, 1.82) is 0 Å². The molecule has 1 fully saturated rings. The van der Waals surface area contributed by atoms with Gasteiger partial charge in [0.25, 0.3) is 11.5 Å². The fourth-order valence-electron chi connectivity index (χ4n) is 2.12. The van der Waals surface area contributed by atoms with Crippen LogP contribution in [0.2, 0.25) is 0 Å². The number of imide groups is 1. The first-order valence-electron chi connectivity index (χ1n) is 5.85. The number of hydrogen-bond donors (Lipinski definition) is 1. The summed E-state index contributed by atoms with van der Waals surface area (Å²) in [4.78, 5) is 35.1. The van der Waals surface area contributed by atoms with Crippen LogP contribution in [0.4, 0.5) is 0 Å². The van der Waals surface area contributed by atoms with E-state index < -0.39 is 11.9 Å². The van der Waals surface area contributed by atoms with Crippen molar-refractivity contribution in [3.05, 3.63) is 34.6 Å². The highest BCUT2D eigenvalue weighted by Gasteiger charge is 2.30. The molecule has 1 aliphatic rings. The smallest absolute Gasteiger partial charge is 0.278 e. The summed E-state index contributed by atoms with van der Waals surface area (Å²) in [5.41, 5.74) is 0.108. The minimum absolute atomic E-state index is 0.192. The number of rotatable bonds is 1. The average molecular weight is 258 g/mol. The molecule has 3 rings (SSSR count). The molecule has 0 saturated carbocycles. The van der Waals surface area contributed by atoms with Crippen LogP contribution in [0.15, 0.2) is 29.1 Å². The Labute approximate surface area is 107 Å². The molecule has 0 bridgehead atoms. The van der Waals surface area contributed by atoms with Crippen molar-refractivity contribution < 1.29 is 9.59 Å². The van der Waals surface area contributed by atoms with Crippen LogP contribution in [0, 0.1) is 0 Å². The molecule has 2 heterocycles. The topological polar surface area (TPSA) is 93.9 Å². The van der Waals surface area contributed by atoms with E-state index in [-0.39, 0.29) is 24.3 Å². The van der Waals surface area contributed by atoms with Crippen LogP contribution in [-0.4, -0.2) is 26.8 Å². The van der Waals surface area contributed by atoms with Crippen LogP contribution < -0.4 is 10.9 Å². The van der Waals surface area contributed by atoms with Crippen molar-refractivity contribution in [1.82, 2.24) is 20.3 Å². The maximum Gasteiger partial charge on any atom is 0.278 e. The Morgan fingerprint density at radius 2 is 2.00 bits per heavy atom. The van der Waals surface area contributed by atoms with Gasteiger partial charge in [0.15, 0.2) is 0 Å². The van der Waals surface area contributed by atoms with Gasteiger partial charge in [0.2, 0.25) is 5.91 Å². The van der Waals surface area contributed by atoms with Gasteiger partial charge in [-0.1, -0.05) is 17.3 Å². The van der Waals surface area contributed by atoms with Gasteiger partial charge in [-0.2, -0.15) is 4.68 Å². The lowest BCUT2D eigenvalue weighted by atomic mass is 10.1. The van der Waals surface area contributed by atoms with Crippen LogP contribution >= 0.6 is 0 Å². The molecule has 96 valence electrons. The van der Waals surface area contributed by atoms with Crippen molar-refractivity contribution in [3.63, 3.8) is 0 Å². The number of nitrogens with one attached hydrogen (secondary N) is 1. The van der Waals surface area contributed by atoms with E-state index >= 15 is 0 Å². The predicted octanol–water partition coefficient (Wildman–Crippen LogP) is -0.231. The van der Waals surface area contributed by atoms with Crippen LogP contribution in [0.1, 0.15) is 18.9 Å². The predicted molar refractivity (Wildman–Crippen MR) is 65.2 cm³/mol. The van der Waals surface area contributed by atoms with Crippen molar-refractivity contribution in [2.24, 2.45) is 0 Å². The number of fused-ring (bicyclic) bond motifs is 1. The summed E-state index contributed by atoms with van der Waals surface area (Å²) in [5, 5.41) is 10.3. The van der Waals surface area contributed by atoms with Crippen LogP contribution in [0.5, 0.6) is 0 Å². The summed E-state index contributed by atoms with van der Waals surface area (Å²) in [6.45, 7) is 0. The van der Waals surface area contributed by atoms with Crippen molar-refractivity contribution in [2.45, 2.75) is 18.9 Å². The van der Waals surface area contributed by atoms with Gasteiger partial charge in [0.1, 0.15) is 11.6 Å². The lowest BCUT2D eigenvalue weighted by molar-refractivity contribution is -0.136. The van der Waals surface area contributed by atoms with Crippen molar-refractivity contribution >= 4 is 22.7 Å². The Morgan fingerprint density at radius 1 is 1.21 bits per heavy atom. The van der Waals surface area contributed by atoms with Gasteiger partial charge in [0, 0.05) is 6.42 Å². The van der Waals surface area contributed by atoms with Gasteiger partial charge in [-0.25, -0.2) is 0 Å². The fraction of sp³-hybridized carbons (Fsp3) is 0.250. The normalized spacial score (nSPS) is 19.5. The molecule has 1 atom stereocenters. The first kappa shape index (κ1) is 11.5. The molecule has 0 aliphatic carbocycles. The maximum absolute atomic E-state index is 12.3. The third-order valence-electron chi connectivity index (χ3n) is 3.10. The second-order valence-electron chi connectivity index (χ2n) is 4.32. The summed E-state index contributed by atoms with van der Waals surface area (Å²) in [5.74, 6) is -0.842. The Kier molecular flexibility index (Phi) is 2.59. The molecule has 1 aromatic carbocycles. The monoisotopic (exact) mass is 258 g/mol. The molecule has 0 spiro atoms. The van der Waals surface area contributed by atoms with Crippen molar-refractivity contribution in [2.75, 3.05) is 0 Å². The summed E-state index contributed by atoms with van der Waals surface area (Å²) in [6, 6.07) is 6.02. The quantitative estimate of drug-likeness (QED) is 0.713. The van der Waals surface area contributed by atoms with Gasteiger partial charge < -0.3 is 0 Å². The average Bonchev–Trinajstić information content (AvgIpc) is 2.41. The Bertz CT molecular complexity index is 737. The van der Waals surface area contributed by atoms with Crippen LogP contribution in [0.3, 0.4) is 0 Å². The number of piperidine rings is 1. The van der Waals surface area contributed by atoms with Gasteiger partial charge in [-0.15, -0.1) is 5.10 Å². The Morgan fingerprint density at radius 3 is 2.79 bits per heavy atom. The number of carbonyl (C=O) groups is 2. The summed E-state index contributed by atoms with van der Waals surface area (Å²) in [7, 11) is 0. The third-order valence-corrected chi connectivity index (χ3v) is 3.10. The SMILES string of the molecule is O=C1CCC(n2nnc3ccccc3c2=O)C(=O)N1. The van der Waals surface area contributed by atoms with E-state index in [2.05, 4.69) is 15.6 Å². The first-order chi connectivity index (χ1) is 9.16. The highest BCUT2D eigenvalue weighted by molar-refractivity contribution is 5.99. The third kappa shape index (κ3) is 1.88. The second kappa shape index (κ2) is 4.27. The molecule has 19 heavy (non-hydrogen) atoms. The Hall–Kier alpha value is -2.57. The Balaban J connectivity index is 2.11. The second-order valence-corrected chi connectivity index (χ2v) is 4.32. The minimum atomic E-state index is -0.776. The molecule has 7 nitrogen and oxygen atoms in total. The first-order valence-corrected chi connectivity index (χ1v) is 5.85. The highest BCUT2D eigenvalue weighted by Crippen LogP contribution is 2.16. The summed E-state index contributed by atoms with van der Waals surface area (Å²) < 4.78 is 1.05. The summed E-state index contributed by atoms with van der Waals surface area (Å²) in [6.07, 6.45) is 0.453. The van der Waals surface area contributed by atoms with E-state index in [1.165, 1.54) is 0 Å². The maximum atomic E-state index is 12.3. The molecule has 2 amide bonds. The number of hydrogen-bond acceptors (Lipinski definition) is 5. The number of benzene rings is 1. The number of aromatic nitrogens is 3. The number of nitrogens with zero attached hydrogens (tertiary/aromatic N) is 3. The molecule has 1 aliphatic heterocycles. The fourth-order valence-corrected chi connectivity index (χ4v) is 2.12. The largest absolute Gasteiger partial charge is 0.295 e. The van der Waals surface area contributed by atoms with E-state index in [4.69, 9.17) is 0 Å². The van der Waals surface area contributed by atoms with E-state index in [0.717, 1.165) is 4.68 Å². The molecular weight excluding hydrogens is 248 g/mol. The van der Waals surface area contributed by atoms with Gasteiger partial charge in [-0.05, 0) is 18.6 Å². The molecule has 2 aromatic rings. The standard InChI is InChI=1S/C12H10N4O3/c17-10-6-5-9(11(18)13-10)16-12(19)7-3-1-2-4-8(7)14-15-16/h1-4,9H,5-6H2,(H,13,17,18).